The molecular formula is C16H35BrN2O. The summed E-state index contributed by atoms with van der Waals surface area (Å²) in [4.78, 5) is 11.0. The van der Waals surface area contributed by atoms with Crippen molar-refractivity contribution >= 4 is 5.91 Å². The van der Waals surface area contributed by atoms with E-state index in [0.717, 1.165) is 6.54 Å². The molecule has 0 aromatic carbocycles. The van der Waals surface area contributed by atoms with Crippen molar-refractivity contribution in [3.8, 4) is 0 Å². The number of hydrogen-bond acceptors (Lipinski definition) is 1. The molecule has 20 heavy (non-hydrogen) atoms. The highest BCUT2D eigenvalue weighted by molar-refractivity contribution is 5.71. The number of quaternary nitrogens is 1. The standard InChI is InChI=1S/C16H34N2O.BrH/c1-5-6-7-8-9-10-11-12-13-14-15-18(3,4)17-16(2)19;/h5-15H2,1-4H3;1H. The number of rotatable bonds is 12. The molecule has 3 nitrogen and oxygen atoms in total. The predicted molar refractivity (Wildman–Crippen MR) is 82.6 cm³/mol. The fourth-order valence-electron chi connectivity index (χ4n) is 2.48. The molecule has 0 aliphatic heterocycles. The molecular weight excluding hydrogens is 316 g/mol. The van der Waals surface area contributed by atoms with Crippen molar-refractivity contribution in [2.45, 2.75) is 78.1 Å². The van der Waals surface area contributed by atoms with Crippen LogP contribution in [0.3, 0.4) is 0 Å². The molecule has 0 heterocycles. The lowest BCUT2D eigenvalue weighted by atomic mass is 10.1. The molecule has 0 fully saturated rings. The third-order valence-electron chi connectivity index (χ3n) is 3.53. The number of nitrogens with zero attached hydrogens (tertiary/aromatic N) is 1. The van der Waals surface area contributed by atoms with E-state index in [-0.39, 0.29) is 22.9 Å². The SMILES string of the molecule is CCCCCCCCCCCC[N+](C)(C)NC(C)=O.[Br-]. The highest BCUT2D eigenvalue weighted by atomic mass is 79.9. The molecule has 0 aromatic rings. The van der Waals surface area contributed by atoms with E-state index in [9.17, 15) is 4.79 Å². The van der Waals surface area contributed by atoms with E-state index in [1.54, 1.807) is 6.92 Å². The van der Waals surface area contributed by atoms with Crippen LogP contribution in [0.15, 0.2) is 0 Å². The minimum Gasteiger partial charge on any atom is -1.00 e. The van der Waals surface area contributed by atoms with E-state index in [2.05, 4.69) is 26.4 Å². The molecule has 0 aromatic heterocycles. The minimum atomic E-state index is 0. The lowest BCUT2D eigenvalue weighted by molar-refractivity contribution is -0.925. The Balaban J connectivity index is 0. The zero-order valence-electron chi connectivity index (χ0n) is 14.0. The molecule has 0 saturated carbocycles. The maximum absolute atomic E-state index is 11.0. The molecule has 0 unspecified atom stereocenters. The van der Waals surface area contributed by atoms with Gasteiger partial charge in [-0.25, -0.2) is 10.0 Å². The fourth-order valence-corrected chi connectivity index (χ4v) is 2.48. The zero-order chi connectivity index (χ0) is 14.6. The van der Waals surface area contributed by atoms with Crippen molar-refractivity contribution in [1.82, 2.24) is 5.43 Å². The van der Waals surface area contributed by atoms with Gasteiger partial charge < -0.3 is 17.0 Å². The summed E-state index contributed by atoms with van der Waals surface area (Å²) in [6.07, 6.45) is 13.6. The van der Waals surface area contributed by atoms with E-state index < -0.39 is 0 Å². The average Bonchev–Trinajstić information content (AvgIpc) is 2.30. The summed E-state index contributed by atoms with van der Waals surface area (Å²) in [6, 6.07) is 0. The number of amides is 1. The van der Waals surface area contributed by atoms with Gasteiger partial charge in [0.1, 0.15) is 6.54 Å². The second-order valence-electron chi connectivity index (χ2n) is 6.26. The molecule has 0 atom stereocenters. The minimum absolute atomic E-state index is 0. The fraction of sp³-hybridized carbons (Fsp3) is 0.938. The Labute approximate surface area is 136 Å². The summed E-state index contributed by atoms with van der Waals surface area (Å²) in [6.45, 7) is 4.87. The lowest BCUT2D eigenvalue weighted by Gasteiger charge is -2.28. The van der Waals surface area contributed by atoms with Gasteiger partial charge in [0.25, 0.3) is 5.91 Å². The van der Waals surface area contributed by atoms with Crippen LogP contribution in [0, 0.1) is 0 Å². The van der Waals surface area contributed by atoms with Crippen molar-refractivity contribution in [2.24, 2.45) is 0 Å². The highest BCUT2D eigenvalue weighted by Gasteiger charge is 2.15. The van der Waals surface area contributed by atoms with Gasteiger partial charge in [-0.3, -0.25) is 4.79 Å². The molecule has 0 bridgehead atoms. The number of carbonyl (C=O) groups is 1. The van der Waals surface area contributed by atoms with E-state index in [1.807, 2.05) is 0 Å². The predicted octanol–water partition coefficient (Wildman–Crippen LogP) is 1.04. The van der Waals surface area contributed by atoms with E-state index >= 15 is 0 Å². The van der Waals surface area contributed by atoms with Crippen LogP contribution in [0.2, 0.25) is 0 Å². The maximum atomic E-state index is 11.0. The van der Waals surface area contributed by atoms with Crippen molar-refractivity contribution < 1.29 is 26.4 Å². The second-order valence-corrected chi connectivity index (χ2v) is 6.26. The summed E-state index contributed by atoms with van der Waals surface area (Å²) in [5.74, 6) is 0.0529. The Morgan fingerprint density at radius 3 is 1.65 bits per heavy atom. The molecule has 0 rings (SSSR count). The first-order chi connectivity index (χ1) is 8.98. The quantitative estimate of drug-likeness (QED) is 0.318. The van der Waals surface area contributed by atoms with E-state index in [4.69, 9.17) is 0 Å². The topological polar surface area (TPSA) is 29.1 Å². The number of halogens is 1. The van der Waals surface area contributed by atoms with Gasteiger partial charge in [-0.2, -0.15) is 0 Å². The summed E-state index contributed by atoms with van der Waals surface area (Å²) in [5.41, 5.74) is 2.95. The van der Waals surface area contributed by atoms with Gasteiger partial charge in [0.15, 0.2) is 0 Å². The highest BCUT2D eigenvalue weighted by Crippen LogP contribution is 2.11. The van der Waals surface area contributed by atoms with Crippen molar-refractivity contribution in [2.75, 3.05) is 20.6 Å². The van der Waals surface area contributed by atoms with Crippen LogP contribution in [0.4, 0.5) is 0 Å². The molecule has 0 radical (unpaired) electrons. The molecule has 0 spiro atoms. The zero-order valence-corrected chi connectivity index (χ0v) is 15.6. The summed E-state index contributed by atoms with van der Waals surface area (Å²) in [5, 5.41) is 0. The second kappa shape index (κ2) is 13.9. The first kappa shape index (κ1) is 22.2. The maximum Gasteiger partial charge on any atom is 0.261 e. The van der Waals surface area contributed by atoms with Crippen LogP contribution in [-0.2, 0) is 4.79 Å². The third kappa shape index (κ3) is 16.0. The molecule has 0 aliphatic rings. The Bertz CT molecular complexity index is 233. The van der Waals surface area contributed by atoms with Gasteiger partial charge >= 0.3 is 0 Å². The van der Waals surface area contributed by atoms with E-state index in [1.165, 1.54) is 64.2 Å². The molecule has 1 N–H and O–H groups in total. The molecule has 122 valence electrons. The monoisotopic (exact) mass is 350 g/mol. The van der Waals surface area contributed by atoms with Crippen molar-refractivity contribution in [3.63, 3.8) is 0 Å². The Morgan fingerprint density at radius 2 is 1.25 bits per heavy atom. The number of nitrogens with one attached hydrogen (secondary N) is 1. The van der Waals surface area contributed by atoms with Crippen molar-refractivity contribution in [3.05, 3.63) is 0 Å². The molecule has 0 saturated heterocycles. The number of hydrogen-bond donors (Lipinski definition) is 1. The van der Waals surface area contributed by atoms with Gasteiger partial charge in [0.2, 0.25) is 0 Å². The van der Waals surface area contributed by atoms with Gasteiger partial charge in [-0.1, -0.05) is 58.3 Å². The molecule has 1 amide bonds. The Morgan fingerprint density at radius 1 is 0.850 bits per heavy atom. The van der Waals surface area contributed by atoms with Crippen LogP contribution in [0.25, 0.3) is 0 Å². The summed E-state index contributed by atoms with van der Waals surface area (Å²) < 4.78 is 0.604. The van der Waals surface area contributed by atoms with Crippen LogP contribution in [0.5, 0.6) is 0 Å². The first-order valence-corrected chi connectivity index (χ1v) is 8.10. The van der Waals surface area contributed by atoms with Gasteiger partial charge in [0.05, 0.1) is 14.1 Å². The molecule has 0 aliphatic carbocycles. The molecule has 4 heteroatoms. The Kier molecular flexibility index (Phi) is 15.4. The average molecular weight is 351 g/mol. The number of carbonyl (C=O) groups excluding carboxylic acids is 1. The third-order valence-corrected chi connectivity index (χ3v) is 3.53. The van der Waals surface area contributed by atoms with Gasteiger partial charge in [0, 0.05) is 6.92 Å². The largest absolute Gasteiger partial charge is 1.00 e. The van der Waals surface area contributed by atoms with Gasteiger partial charge in [-0.15, -0.1) is 0 Å². The number of unbranched alkanes of at least 4 members (excludes halogenated alkanes) is 9. The summed E-state index contributed by atoms with van der Waals surface area (Å²) >= 11 is 0. The van der Waals surface area contributed by atoms with Crippen LogP contribution < -0.4 is 22.4 Å². The van der Waals surface area contributed by atoms with E-state index in [0.29, 0.717) is 4.59 Å². The van der Waals surface area contributed by atoms with Crippen molar-refractivity contribution in [1.29, 1.82) is 0 Å². The van der Waals surface area contributed by atoms with Crippen LogP contribution in [0.1, 0.15) is 78.1 Å². The normalized spacial score (nSPS) is 11.0. The lowest BCUT2D eigenvalue weighted by Crippen LogP contribution is -3.00. The van der Waals surface area contributed by atoms with Gasteiger partial charge in [-0.05, 0) is 12.8 Å². The summed E-state index contributed by atoms with van der Waals surface area (Å²) in [7, 11) is 4.10. The first-order valence-electron chi connectivity index (χ1n) is 8.10. The van der Waals surface area contributed by atoms with Crippen LogP contribution >= 0.6 is 0 Å². The Hall–Kier alpha value is -0.0900. The van der Waals surface area contributed by atoms with Crippen LogP contribution in [-0.4, -0.2) is 31.1 Å². The smallest absolute Gasteiger partial charge is 0.261 e.